The first kappa shape index (κ1) is 14.5. The fraction of sp³-hybridized carbons (Fsp3) is 0.588. The smallest absolute Gasteiger partial charge is 0.241 e. The van der Waals surface area contributed by atoms with Crippen LogP contribution >= 0.6 is 0 Å². The molecular weight excluding hydrogens is 264 g/mol. The summed E-state index contributed by atoms with van der Waals surface area (Å²) in [7, 11) is 0. The number of rotatable bonds is 3. The number of piperidine rings is 1. The van der Waals surface area contributed by atoms with Gasteiger partial charge in [0, 0.05) is 18.8 Å². The van der Waals surface area contributed by atoms with Crippen molar-refractivity contribution in [2.75, 3.05) is 25.0 Å². The van der Waals surface area contributed by atoms with Gasteiger partial charge in [-0.15, -0.1) is 0 Å². The number of amides is 1. The van der Waals surface area contributed by atoms with E-state index in [0.29, 0.717) is 5.92 Å². The highest BCUT2D eigenvalue weighted by atomic mass is 16.3. The highest BCUT2D eigenvalue weighted by molar-refractivity contribution is 5.96. The van der Waals surface area contributed by atoms with Crippen molar-refractivity contribution < 1.29 is 9.90 Å². The van der Waals surface area contributed by atoms with Crippen LogP contribution in [0.25, 0.3) is 0 Å². The summed E-state index contributed by atoms with van der Waals surface area (Å²) >= 11 is 0. The number of nitrogens with zero attached hydrogens (tertiary/aromatic N) is 1. The topological polar surface area (TPSA) is 52.6 Å². The van der Waals surface area contributed by atoms with Crippen molar-refractivity contribution in [2.45, 2.75) is 38.1 Å². The van der Waals surface area contributed by atoms with Crippen molar-refractivity contribution in [3.05, 3.63) is 29.8 Å². The molecule has 0 spiro atoms. The second kappa shape index (κ2) is 6.58. The molecule has 1 aromatic carbocycles. The van der Waals surface area contributed by atoms with Crippen molar-refractivity contribution in [1.82, 2.24) is 4.90 Å². The Morgan fingerprint density at radius 2 is 2.14 bits per heavy atom. The normalized spacial score (nSPS) is 26.8. The van der Waals surface area contributed by atoms with E-state index < -0.39 is 0 Å². The summed E-state index contributed by atoms with van der Waals surface area (Å²) in [5.41, 5.74) is 2.20. The van der Waals surface area contributed by atoms with Gasteiger partial charge in [-0.05, 0) is 56.2 Å². The minimum absolute atomic E-state index is 0.0288. The molecule has 2 aliphatic rings. The van der Waals surface area contributed by atoms with Gasteiger partial charge in [0.15, 0.2) is 0 Å². The Bertz CT molecular complexity index is 501. The van der Waals surface area contributed by atoms with Gasteiger partial charge in [0.2, 0.25) is 5.91 Å². The number of aliphatic hydroxyl groups excluding tert-OH is 1. The highest BCUT2D eigenvalue weighted by Gasteiger charge is 2.32. The number of para-hydroxylation sites is 1. The van der Waals surface area contributed by atoms with Gasteiger partial charge in [-0.3, -0.25) is 9.69 Å². The number of benzene rings is 1. The quantitative estimate of drug-likeness (QED) is 0.895. The van der Waals surface area contributed by atoms with Crippen molar-refractivity contribution in [2.24, 2.45) is 5.92 Å². The molecule has 21 heavy (non-hydrogen) atoms. The molecule has 0 aliphatic carbocycles. The summed E-state index contributed by atoms with van der Waals surface area (Å²) in [5.74, 6) is 0.659. The standard InChI is InChI=1S/C17H24N2O2/c20-11-9-13-4-3-10-19(12-13)16-8-7-14-5-1-2-6-15(14)18-17(16)21/h1-2,5-6,13,16,20H,3-4,7-12H2,(H,18,21). The van der Waals surface area contributed by atoms with E-state index >= 15 is 0 Å². The predicted molar refractivity (Wildman–Crippen MR) is 83.2 cm³/mol. The number of carbonyl (C=O) groups is 1. The van der Waals surface area contributed by atoms with Gasteiger partial charge in [0.1, 0.15) is 0 Å². The molecule has 2 unspecified atom stereocenters. The number of likely N-dealkylation sites (tertiary alicyclic amines) is 1. The van der Waals surface area contributed by atoms with Gasteiger partial charge < -0.3 is 10.4 Å². The zero-order chi connectivity index (χ0) is 14.7. The average Bonchev–Trinajstić information content (AvgIpc) is 2.66. The molecule has 0 saturated carbocycles. The predicted octanol–water partition coefficient (Wildman–Crippen LogP) is 2.03. The Balaban J connectivity index is 1.70. The second-order valence-electron chi connectivity index (χ2n) is 6.22. The Morgan fingerprint density at radius 1 is 1.29 bits per heavy atom. The largest absolute Gasteiger partial charge is 0.396 e. The van der Waals surface area contributed by atoms with E-state index in [9.17, 15) is 4.79 Å². The number of aryl methyl sites for hydroxylation is 1. The number of hydrogen-bond donors (Lipinski definition) is 2. The monoisotopic (exact) mass is 288 g/mol. The summed E-state index contributed by atoms with van der Waals surface area (Å²) in [4.78, 5) is 14.9. The van der Waals surface area contributed by atoms with Crippen molar-refractivity contribution in [3.63, 3.8) is 0 Å². The van der Waals surface area contributed by atoms with Crippen LogP contribution in [0.3, 0.4) is 0 Å². The second-order valence-corrected chi connectivity index (χ2v) is 6.22. The van der Waals surface area contributed by atoms with Crippen LogP contribution in [0, 0.1) is 5.92 Å². The fourth-order valence-electron chi connectivity index (χ4n) is 3.65. The molecule has 1 fully saturated rings. The lowest BCUT2D eigenvalue weighted by molar-refractivity contribution is -0.122. The number of carbonyl (C=O) groups excluding carboxylic acids is 1. The van der Waals surface area contributed by atoms with Gasteiger partial charge in [0.25, 0.3) is 0 Å². The lowest BCUT2D eigenvalue weighted by Gasteiger charge is -2.37. The molecule has 2 N–H and O–H groups in total. The van der Waals surface area contributed by atoms with Gasteiger partial charge in [-0.2, -0.15) is 0 Å². The van der Waals surface area contributed by atoms with Crippen LogP contribution in [0.15, 0.2) is 24.3 Å². The van der Waals surface area contributed by atoms with Crippen LogP contribution in [0.1, 0.15) is 31.2 Å². The summed E-state index contributed by atoms with van der Waals surface area (Å²) in [5, 5.41) is 12.2. The van der Waals surface area contributed by atoms with Crippen LogP contribution in [-0.4, -0.2) is 41.7 Å². The molecule has 114 valence electrons. The Hall–Kier alpha value is -1.39. The van der Waals surface area contributed by atoms with Crippen LogP contribution in [0.2, 0.25) is 0 Å². The number of nitrogens with one attached hydrogen (secondary N) is 1. The van der Waals surface area contributed by atoms with E-state index in [0.717, 1.165) is 44.5 Å². The lowest BCUT2D eigenvalue weighted by Crippen LogP contribution is -2.48. The minimum atomic E-state index is -0.0288. The first-order chi connectivity index (χ1) is 10.3. The van der Waals surface area contributed by atoms with Gasteiger partial charge >= 0.3 is 0 Å². The Morgan fingerprint density at radius 3 is 3.00 bits per heavy atom. The molecular formula is C17H24N2O2. The van der Waals surface area contributed by atoms with E-state index in [4.69, 9.17) is 5.11 Å². The summed E-state index contributed by atoms with van der Waals surface area (Å²) in [6.45, 7) is 2.19. The zero-order valence-corrected chi connectivity index (χ0v) is 12.4. The maximum absolute atomic E-state index is 12.5. The van der Waals surface area contributed by atoms with E-state index in [2.05, 4.69) is 16.3 Å². The van der Waals surface area contributed by atoms with Crippen molar-refractivity contribution in [3.8, 4) is 0 Å². The van der Waals surface area contributed by atoms with E-state index in [1.807, 2.05) is 18.2 Å². The Kier molecular flexibility index (Phi) is 4.56. The van der Waals surface area contributed by atoms with Gasteiger partial charge in [0.05, 0.1) is 6.04 Å². The molecule has 2 atom stereocenters. The molecule has 0 aromatic heterocycles. The first-order valence-corrected chi connectivity index (χ1v) is 8.01. The number of fused-ring (bicyclic) bond motifs is 1. The van der Waals surface area contributed by atoms with Gasteiger partial charge in [-0.1, -0.05) is 18.2 Å². The van der Waals surface area contributed by atoms with E-state index in [-0.39, 0.29) is 18.6 Å². The van der Waals surface area contributed by atoms with Crippen molar-refractivity contribution >= 4 is 11.6 Å². The third-order valence-electron chi connectivity index (χ3n) is 4.79. The number of aliphatic hydroxyl groups is 1. The number of anilines is 1. The molecule has 3 rings (SSSR count). The summed E-state index contributed by atoms with van der Waals surface area (Å²) in [6.07, 6.45) is 4.98. The molecule has 2 heterocycles. The Labute approximate surface area is 126 Å². The molecule has 1 amide bonds. The summed E-state index contributed by atoms with van der Waals surface area (Å²) in [6, 6.07) is 8.06. The molecule has 4 nitrogen and oxygen atoms in total. The minimum Gasteiger partial charge on any atom is -0.396 e. The third kappa shape index (κ3) is 3.27. The van der Waals surface area contributed by atoms with Gasteiger partial charge in [-0.25, -0.2) is 0 Å². The maximum Gasteiger partial charge on any atom is 0.241 e. The van der Waals surface area contributed by atoms with Crippen LogP contribution < -0.4 is 5.32 Å². The van der Waals surface area contributed by atoms with E-state index in [1.165, 1.54) is 12.0 Å². The fourth-order valence-corrected chi connectivity index (χ4v) is 3.65. The molecule has 1 aromatic rings. The highest BCUT2D eigenvalue weighted by Crippen LogP contribution is 2.27. The average molecular weight is 288 g/mol. The third-order valence-corrected chi connectivity index (χ3v) is 4.79. The lowest BCUT2D eigenvalue weighted by atomic mass is 9.93. The summed E-state index contributed by atoms with van der Waals surface area (Å²) < 4.78 is 0. The molecule has 0 bridgehead atoms. The van der Waals surface area contributed by atoms with Crippen LogP contribution in [0.4, 0.5) is 5.69 Å². The first-order valence-electron chi connectivity index (χ1n) is 8.01. The molecule has 2 aliphatic heterocycles. The van der Waals surface area contributed by atoms with Crippen molar-refractivity contribution in [1.29, 1.82) is 0 Å². The van der Waals surface area contributed by atoms with Crippen LogP contribution in [-0.2, 0) is 11.2 Å². The number of hydrogen-bond acceptors (Lipinski definition) is 3. The molecule has 1 saturated heterocycles. The molecule has 4 heteroatoms. The maximum atomic E-state index is 12.5. The zero-order valence-electron chi connectivity index (χ0n) is 12.4. The van der Waals surface area contributed by atoms with Crippen LogP contribution in [0.5, 0.6) is 0 Å². The SMILES string of the molecule is O=C1Nc2ccccc2CCC1N1CCCC(CCO)C1. The molecule has 0 radical (unpaired) electrons. The van der Waals surface area contributed by atoms with E-state index in [1.54, 1.807) is 0 Å².